The number of nitriles is 1. The molecule has 0 aromatic heterocycles. The van der Waals surface area contributed by atoms with Gasteiger partial charge in [0.1, 0.15) is 12.3 Å². The molecule has 1 N–H and O–H groups in total. The number of likely N-dealkylation sites (tertiary alicyclic amines) is 1. The molecular weight excluding hydrogens is 406 g/mol. The summed E-state index contributed by atoms with van der Waals surface area (Å²) in [5, 5.41) is 11.1. The van der Waals surface area contributed by atoms with Crippen molar-refractivity contribution in [1.29, 1.82) is 5.26 Å². The molecule has 0 spiro atoms. The first-order valence-electron chi connectivity index (χ1n) is 10.1. The summed E-state index contributed by atoms with van der Waals surface area (Å²) in [5.41, 5.74) is 2.98. The minimum absolute atomic E-state index is 0.201. The lowest BCUT2D eigenvalue weighted by Gasteiger charge is -2.10. The Labute approximate surface area is 182 Å². The van der Waals surface area contributed by atoms with Crippen LogP contribution in [0, 0.1) is 11.3 Å². The molecule has 2 saturated heterocycles. The third-order valence-corrected chi connectivity index (χ3v) is 4.80. The fourth-order valence-electron chi connectivity index (χ4n) is 3.34. The summed E-state index contributed by atoms with van der Waals surface area (Å²) in [6.45, 7) is 5.08. The summed E-state index contributed by atoms with van der Waals surface area (Å²) in [6.07, 6.45) is 2.23. The first kappa shape index (κ1) is 26.2. The van der Waals surface area contributed by atoms with Gasteiger partial charge < -0.3 is 15.0 Å². The molecule has 0 radical (unpaired) electrons. The van der Waals surface area contributed by atoms with E-state index in [1.165, 1.54) is 18.1 Å². The van der Waals surface area contributed by atoms with E-state index in [2.05, 4.69) is 41.5 Å². The van der Waals surface area contributed by atoms with Crippen molar-refractivity contribution in [2.24, 2.45) is 0 Å². The van der Waals surface area contributed by atoms with E-state index in [-0.39, 0.29) is 12.3 Å². The number of carbonyl (C=O) groups is 3. The van der Waals surface area contributed by atoms with E-state index < -0.39 is 24.9 Å². The lowest BCUT2D eigenvalue weighted by molar-refractivity contribution is -0.120. The van der Waals surface area contributed by atoms with Crippen LogP contribution in [0.3, 0.4) is 0 Å². The van der Waals surface area contributed by atoms with Crippen molar-refractivity contribution in [3.05, 3.63) is 35.4 Å². The SMILES string of the molecule is CC1CCC(=O)N1.CC=O.CN1Cc2ccccc2C1.N#CC1CC(F)(F)CN1C=O. The molecule has 9 heteroatoms. The van der Waals surface area contributed by atoms with Crippen molar-refractivity contribution in [3.63, 3.8) is 0 Å². The Hall–Kier alpha value is -2.86. The van der Waals surface area contributed by atoms with Crippen LogP contribution in [0.25, 0.3) is 0 Å². The van der Waals surface area contributed by atoms with Gasteiger partial charge in [-0.1, -0.05) is 24.3 Å². The third kappa shape index (κ3) is 9.22. The van der Waals surface area contributed by atoms with E-state index in [0.717, 1.165) is 37.1 Å². The van der Waals surface area contributed by atoms with Gasteiger partial charge in [0.15, 0.2) is 0 Å². The summed E-state index contributed by atoms with van der Waals surface area (Å²) in [4.78, 5) is 32.4. The summed E-state index contributed by atoms with van der Waals surface area (Å²) in [5.74, 6) is -2.69. The maximum atomic E-state index is 12.5. The van der Waals surface area contributed by atoms with E-state index in [1.54, 1.807) is 6.07 Å². The Bertz CT molecular complexity index is 757. The smallest absolute Gasteiger partial charge is 0.268 e. The lowest BCUT2D eigenvalue weighted by Crippen LogP contribution is -2.27. The number of benzene rings is 1. The summed E-state index contributed by atoms with van der Waals surface area (Å²) in [6, 6.07) is 9.74. The van der Waals surface area contributed by atoms with Crippen LogP contribution < -0.4 is 5.32 Å². The van der Waals surface area contributed by atoms with Crippen LogP contribution in [0.2, 0.25) is 0 Å². The molecule has 1 aromatic rings. The Balaban J connectivity index is 0.000000223. The average Bonchev–Trinajstić information content (AvgIpc) is 3.37. The van der Waals surface area contributed by atoms with Crippen molar-refractivity contribution in [3.8, 4) is 6.07 Å². The fraction of sp³-hybridized carbons (Fsp3) is 0.545. The first-order chi connectivity index (χ1) is 14.6. The highest BCUT2D eigenvalue weighted by atomic mass is 19.3. The standard InChI is InChI=1S/C9H11N.C6H6F2N2O.C5H9NO.C2H4O/c1-10-6-8-4-2-3-5-9(8)7-10;7-6(8)1-5(2-9)10(3-6)4-11;1-4-2-3-5(7)6-4;1-2-3/h2-5H,6-7H2,1H3;4-5H,1,3H2;4H,2-3H2,1H3,(H,6,7);2H,1H3. The van der Waals surface area contributed by atoms with E-state index in [9.17, 15) is 18.4 Å². The Morgan fingerprint density at radius 3 is 2.10 bits per heavy atom. The highest BCUT2D eigenvalue weighted by Crippen LogP contribution is 2.30. The zero-order valence-electron chi connectivity index (χ0n) is 18.2. The van der Waals surface area contributed by atoms with Gasteiger partial charge in [0, 0.05) is 32.0 Å². The number of amides is 2. The molecule has 3 aliphatic rings. The Kier molecular flexibility index (Phi) is 10.8. The van der Waals surface area contributed by atoms with Crippen molar-refractivity contribution in [1.82, 2.24) is 15.1 Å². The molecular formula is C22H30F2N4O3. The highest BCUT2D eigenvalue weighted by Gasteiger charge is 2.44. The number of nitrogens with zero attached hydrogens (tertiary/aromatic N) is 3. The van der Waals surface area contributed by atoms with Crippen LogP contribution in [0.1, 0.15) is 44.2 Å². The molecule has 0 saturated carbocycles. The minimum Gasteiger partial charge on any atom is -0.354 e. The van der Waals surface area contributed by atoms with E-state index in [4.69, 9.17) is 10.1 Å². The van der Waals surface area contributed by atoms with Gasteiger partial charge in [-0.15, -0.1) is 0 Å². The second kappa shape index (κ2) is 12.7. The third-order valence-electron chi connectivity index (χ3n) is 4.80. The molecule has 2 fully saturated rings. The molecule has 1 aromatic carbocycles. The van der Waals surface area contributed by atoms with Crippen molar-refractivity contribution >= 4 is 18.6 Å². The topological polar surface area (TPSA) is 93.5 Å². The van der Waals surface area contributed by atoms with Gasteiger partial charge in [-0.3, -0.25) is 14.5 Å². The number of alkyl halides is 2. The second-order valence-corrected chi connectivity index (χ2v) is 7.67. The summed E-state index contributed by atoms with van der Waals surface area (Å²) >= 11 is 0. The molecule has 2 unspecified atom stereocenters. The molecule has 7 nitrogen and oxygen atoms in total. The van der Waals surface area contributed by atoms with Gasteiger partial charge >= 0.3 is 0 Å². The van der Waals surface area contributed by atoms with Crippen LogP contribution in [0.15, 0.2) is 24.3 Å². The van der Waals surface area contributed by atoms with E-state index >= 15 is 0 Å². The highest BCUT2D eigenvalue weighted by molar-refractivity contribution is 5.78. The number of nitrogens with one attached hydrogen (secondary N) is 1. The van der Waals surface area contributed by atoms with E-state index in [0.29, 0.717) is 6.04 Å². The molecule has 2 atom stereocenters. The largest absolute Gasteiger partial charge is 0.354 e. The zero-order chi connectivity index (χ0) is 23.4. The number of hydrogen-bond acceptors (Lipinski definition) is 5. The normalized spacial score (nSPS) is 22.8. The van der Waals surface area contributed by atoms with Crippen LogP contribution in [0.5, 0.6) is 0 Å². The van der Waals surface area contributed by atoms with Crippen molar-refractivity contribution in [2.45, 2.75) is 64.2 Å². The number of halogens is 2. The van der Waals surface area contributed by atoms with Crippen LogP contribution in [-0.4, -0.2) is 60.0 Å². The predicted octanol–water partition coefficient (Wildman–Crippen LogP) is 2.50. The second-order valence-electron chi connectivity index (χ2n) is 7.67. The van der Waals surface area contributed by atoms with Gasteiger partial charge in [0.25, 0.3) is 5.92 Å². The summed E-state index contributed by atoms with van der Waals surface area (Å²) < 4.78 is 24.9. The molecule has 0 aliphatic carbocycles. The number of aldehydes is 1. The molecule has 31 heavy (non-hydrogen) atoms. The van der Waals surface area contributed by atoms with Crippen molar-refractivity contribution in [2.75, 3.05) is 13.6 Å². The maximum absolute atomic E-state index is 12.5. The van der Waals surface area contributed by atoms with Crippen LogP contribution in [-0.2, 0) is 27.5 Å². The van der Waals surface area contributed by atoms with Crippen LogP contribution in [0.4, 0.5) is 8.78 Å². The van der Waals surface area contributed by atoms with Gasteiger partial charge in [-0.25, -0.2) is 8.78 Å². The molecule has 2 amide bonds. The Morgan fingerprint density at radius 1 is 1.23 bits per heavy atom. The predicted molar refractivity (Wildman–Crippen MR) is 112 cm³/mol. The number of carbonyl (C=O) groups excluding carboxylic acids is 3. The van der Waals surface area contributed by atoms with Crippen molar-refractivity contribution < 1.29 is 23.2 Å². The minimum atomic E-state index is -2.89. The summed E-state index contributed by atoms with van der Waals surface area (Å²) in [7, 11) is 2.15. The van der Waals surface area contributed by atoms with Gasteiger partial charge in [-0.05, 0) is 38.4 Å². The molecule has 0 bridgehead atoms. The monoisotopic (exact) mass is 436 g/mol. The zero-order valence-corrected chi connectivity index (χ0v) is 18.2. The molecule has 3 aliphatic heterocycles. The molecule has 3 heterocycles. The maximum Gasteiger partial charge on any atom is 0.268 e. The van der Waals surface area contributed by atoms with Gasteiger partial charge in [-0.2, -0.15) is 5.26 Å². The van der Waals surface area contributed by atoms with E-state index in [1.807, 2.05) is 6.92 Å². The quantitative estimate of drug-likeness (QED) is 0.683. The first-order valence-corrected chi connectivity index (χ1v) is 10.1. The number of fused-ring (bicyclic) bond motifs is 1. The number of hydrogen-bond donors (Lipinski definition) is 1. The van der Waals surface area contributed by atoms with Gasteiger partial charge in [0.2, 0.25) is 12.3 Å². The van der Waals surface area contributed by atoms with Gasteiger partial charge in [0.05, 0.1) is 12.6 Å². The number of rotatable bonds is 1. The fourth-order valence-corrected chi connectivity index (χ4v) is 3.34. The van der Waals surface area contributed by atoms with Crippen LogP contribution >= 0.6 is 0 Å². The lowest BCUT2D eigenvalue weighted by atomic mass is 10.1. The molecule has 170 valence electrons. The Morgan fingerprint density at radius 2 is 1.77 bits per heavy atom. The average molecular weight is 437 g/mol. The molecule has 4 rings (SSSR count).